The second-order valence-electron chi connectivity index (χ2n) is 9.29. The summed E-state index contributed by atoms with van der Waals surface area (Å²) in [6.07, 6.45) is 0.398. The van der Waals surface area contributed by atoms with E-state index in [0.717, 1.165) is 19.1 Å². The van der Waals surface area contributed by atoms with Crippen molar-refractivity contribution in [3.8, 4) is 0 Å². The van der Waals surface area contributed by atoms with E-state index < -0.39 is 0 Å². The number of epoxide rings is 1. The molecule has 4 nitrogen and oxygen atoms in total. The van der Waals surface area contributed by atoms with Crippen LogP contribution in [-0.4, -0.2) is 59.5 Å². The van der Waals surface area contributed by atoms with Crippen LogP contribution in [0.2, 0.25) is 0 Å². The van der Waals surface area contributed by atoms with E-state index in [1.54, 1.807) is 0 Å². The lowest BCUT2D eigenvalue weighted by atomic mass is 10.1. The third-order valence-electron chi connectivity index (χ3n) is 4.26. The highest BCUT2D eigenvalue weighted by Crippen LogP contribution is 2.17. The minimum absolute atomic E-state index is 0. The summed E-state index contributed by atoms with van der Waals surface area (Å²) in [4.78, 5) is 2.32. The summed E-state index contributed by atoms with van der Waals surface area (Å²) in [5.41, 5.74) is 0. The summed E-state index contributed by atoms with van der Waals surface area (Å²) < 4.78 is 4.97. The topological polar surface area (TPSA) is 48.0 Å². The van der Waals surface area contributed by atoms with Crippen LogP contribution in [-0.2, 0) is 4.74 Å². The maximum atomic E-state index is 9.75. The molecular formula is C23H54N2O2. The largest absolute Gasteiger partial charge is 0.392 e. The summed E-state index contributed by atoms with van der Waals surface area (Å²) in [5, 5.41) is 13.1. The van der Waals surface area contributed by atoms with Crippen LogP contribution >= 0.6 is 0 Å². The minimum Gasteiger partial charge on any atom is -0.392 e. The Kier molecular flexibility index (Phi) is 19.6. The molecule has 168 valence electrons. The molecule has 27 heavy (non-hydrogen) atoms. The fourth-order valence-electron chi connectivity index (χ4n) is 2.55. The fourth-order valence-corrected chi connectivity index (χ4v) is 2.55. The van der Waals surface area contributed by atoms with Crippen molar-refractivity contribution < 1.29 is 9.84 Å². The Hall–Kier alpha value is -0.160. The van der Waals surface area contributed by atoms with Crippen molar-refractivity contribution >= 4 is 0 Å². The van der Waals surface area contributed by atoms with E-state index in [1.807, 2.05) is 0 Å². The van der Waals surface area contributed by atoms with Gasteiger partial charge >= 0.3 is 0 Å². The first kappa shape index (κ1) is 31.5. The van der Waals surface area contributed by atoms with E-state index >= 15 is 0 Å². The van der Waals surface area contributed by atoms with E-state index in [2.05, 4.69) is 93.3 Å². The van der Waals surface area contributed by atoms with Crippen molar-refractivity contribution in [2.24, 2.45) is 11.8 Å². The van der Waals surface area contributed by atoms with Crippen LogP contribution < -0.4 is 5.32 Å². The standard InChI is InChI=1S/C11H25NO.C6H15N.C5H10O.CH4/c1-8(2)11(13)7-12(9(3)4)10(5)6;1-5(2)7-6(3)4;1-4(2)5-3-6-5;/h8-11,13H,7H2,1-6H3;5-7H,1-4H3;4-5H,3H2,1-2H3;1H4. The van der Waals surface area contributed by atoms with Crippen LogP contribution in [0.4, 0.5) is 0 Å². The maximum Gasteiger partial charge on any atom is 0.0832 e. The minimum atomic E-state index is -0.204. The molecule has 0 saturated carbocycles. The third-order valence-corrected chi connectivity index (χ3v) is 4.26. The molecule has 0 radical (unpaired) electrons. The lowest BCUT2D eigenvalue weighted by Gasteiger charge is -2.33. The SMILES string of the molecule is C.CC(C)C(O)CN(C(C)C)C(C)C.CC(C)C1CO1.CC(C)NC(C)C. The van der Waals surface area contributed by atoms with Crippen molar-refractivity contribution in [1.29, 1.82) is 0 Å². The quantitative estimate of drug-likeness (QED) is 0.560. The monoisotopic (exact) mass is 390 g/mol. The summed E-state index contributed by atoms with van der Waals surface area (Å²) in [6.45, 7) is 27.6. The summed E-state index contributed by atoms with van der Waals surface area (Å²) in [5.74, 6) is 1.09. The number of aliphatic hydroxyl groups is 1. The predicted octanol–water partition coefficient (Wildman–Crippen LogP) is 5.19. The van der Waals surface area contributed by atoms with Gasteiger partial charge in [0.15, 0.2) is 0 Å². The molecule has 4 heteroatoms. The van der Waals surface area contributed by atoms with Crippen LogP contribution in [0.3, 0.4) is 0 Å². The Labute approximate surface area is 172 Å². The van der Waals surface area contributed by atoms with Crippen LogP contribution in [0.25, 0.3) is 0 Å². The van der Waals surface area contributed by atoms with Gasteiger partial charge in [0.05, 0.1) is 18.8 Å². The molecule has 1 aliphatic heterocycles. The number of nitrogens with zero attached hydrogens (tertiary/aromatic N) is 1. The van der Waals surface area contributed by atoms with Gasteiger partial charge in [-0.2, -0.15) is 0 Å². The molecule has 0 bridgehead atoms. The van der Waals surface area contributed by atoms with E-state index in [-0.39, 0.29) is 13.5 Å². The van der Waals surface area contributed by atoms with Gasteiger partial charge in [-0.25, -0.2) is 0 Å². The van der Waals surface area contributed by atoms with E-state index in [1.165, 1.54) is 0 Å². The van der Waals surface area contributed by atoms with Gasteiger partial charge in [0.2, 0.25) is 0 Å². The van der Waals surface area contributed by atoms with Gasteiger partial charge in [0, 0.05) is 30.7 Å². The highest BCUT2D eigenvalue weighted by Gasteiger charge is 2.25. The number of hydrogen-bond acceptors (Lipinski definition) is 4. The van der Waals surface area contributed by atoms with Crippen LogP contribution in [0, 0.1) is 11.8 Å². The van der Waals surface area contributed by atoms with Crippen molar-refractivity contribution in [2.75, 3.05) is 13.2 Å². The second-order valence-corrected chi connectivity index (χ2v) is 9.29. The molecular weight excluding hydrogens is 336 g/mol. The molecule has 2 unspecified atom stereocenters. The van der Waals surface area contributed by atoms with Gasteiger partial charge in [-0.15, -0.1) is 0 Å². The first-order chi connectivity index (χ1) is 11.8. The average Bonchev–Trinajstić information content (AvgIpc) is 3.27. The molecule has 0 aromatic carbocycles. The van der Waals surface area contributed by atoms with Crippen LogP contribution in [0.1, 0.15) is 90.5 Å². The van der Waals surface area contributed by atoms with Gasteiger partial charge < -0.3 is 15.2 Å². The van der Waals surface area contributed by atoms with E-state index in [0.29, 0.717) is 36.2 Å². The number of ether oxygens (including phenoxy) is 1. The average molecular weight is 391 g/mol. The molecule has 0 aliphatic carbocycles. The molecule has 0 spiro atoms. The lowest BCUT2D eigenvalue weighted by molar-refractivity contribution is 0.0486. The highest BCUT2D eigenvalue weighted by molar-refractivity contribution is 4.73. The predicted molar refractivity (Wildman–Crippen MR) is 123 cm³/mol. The van der Waals surface area contributed by atoms with E-state index in [9.17, 15) is 5.11 Å². The normalized spacial score (nSPS) is 17.1. The molecule has 0 amide bonds. The van der Waals surface area contributed by atoms with Crippen LogP contribution in [0.5, 0.6) is 0 Å². The molecule has 1 aliphatic rings. The Morgan fingerprint density at radius 1 is 0.852 bits per heavy atom. The Bertz CT molecular complexity index is 298. The zero-order valence-corrected chi connectivity index (χ0v) is 19.8. The highest BCUT2D eigenvalue weighted by atomic mass is 16.6. The van der Waals surface area contributed by atoms with Gasteiger partial charge in [-0.05, 0) is 39.5 Å². The molecule has 0 aromatic rings. The first-order valence-electron chi connectivity index (χ1n) is 10.6. The molecule has 1 rings (SSSR count). The summed E-state index contributed by atoms with van der Waals surface area (Å²) >= 11 is 0. The maximum absolute atomic E-state index is 9.75. The molecule has 1 heterocycles. The third kappa shape index (κ3) is 20.4. The van der Waals surface area contributed by atoms with Crippen LogP contribution in [0.15, 0.2) is 0 Å². The Morgan fingerprint density at radius 3 is 1.33 bits per heavy atom. The summed E-state index contributed by atoms with van der Waals surface area (Å²) in [6, 6.07) is 2.27. The molecule has 2 N–H and O–H groups in total. The van der Waals surface area contributed by atoms with Gasteiger partial charge in [0.25, 0.3) is 0 Å². The zero-order valence-electron chi connectivity index (χ0n) is 19.8. The number of aliphatic hydroxyl groups excluding tert-OH is 1. The smallest absolute Gasteiger partial charge is 0.0832 e. The summed E-state index contributed by atoms with van der Waals surface area (Å²) in [7, 11) is 0. The zero-order chi connectivity index (χ0) is 21.0. The van der Waals surface area contributed by atoms with Crippen molar-refractivity contribution in [3.63, 3.8) is 0 Å². The Balaban J connectivity index is -0.000000346. The molecule has 1 saturated heterocycles. The van der Waals surface area contributed by atoms with Crippen molar-refractivity contribution in [3.05, 3.63) is 0 Å². The number of rotatable bonds is 8. The molecule has 2 atom stereocenters. The molecule has 1 fully saturated rings. The van der Waals surface area contributed by atoms with E-state index in [4.69, 9.17) is 4.74 Å². The first-order valence-corrected chi connectivity index (χ1v) is 10.6. The van der Waals surface area contributed by atoms with Crippen molar-refractivity contribution in [1.82, 2.24) is 10.2 Å². The van der Waals surface area contributed by atoms with Gasteiger partial charge in [-0.1, -0.05) is 62.8 Å². The second kappa shape index (κ2) is 16.8. The van der Waals surface area contributed by atoms with Crippen molar-refractivity contribution in [2.45, 2.75) is 127 Å². The Morgan fingerprint density at radius 2 is 1.22 bits per heavy atom. The van der Waals surface area contributed by atoms with Gasteiger partial charge in [0.1, 0.15) is 0 Å². The van der Waals surface area contributed by atoms with Gasteiger partial charge in [-0.3, -0.25) is 4.90 Å². The fraction of sp³-hybridized carbons (Fsp3) is 1.00. The molecule has 0 aromatic heterocycles. The lowest BCUT2D eigenvalue weighted by Crippen LogP contribution is -2.43. The number of hydrogen-bond donors (Lipinski definition) is 2. The number of nitrogens with one attached hydrogen (secondary N) is 1.